The molecule has 0 saturated carbocycles. The Morgan fingerprint density at radius 3 is 2.89 bits per heavy atom. The molecule has 1 aliphatic heterocycles. The molecule has 1 aromatic heterocycles. The Morgan fingerprint density at radius 1 is 1.39 bits per heavy atom. The Hall–Kier alpha value is -0.970. The summed E-state index contributed by atoms with van der Waals surface area (Å²) in [6.07, 6.45) is 5.05. The molecule has 1 aromatic rings. The lowest BCUT2D eigenvalue weighted by Crippen LogP contribution is -2.46. The van der Waals surface area contributed by atoms with E-state index >= 15 is 0 Å². The van der Waals surface area contributed by atoms with E-state index in [4.69, 9.17) is 0 Å². The van der Waals surface area contributed by atoms with Gasteiger partial charge in [-0.15, -0.1) is 0 Å². The summed E-state index contributed by atoms with van der Waals surface area (Å²) in [7, 11) is 6.48. The summed E-state index contributed by atoms with van der Waals surface area (Å²) in [6, 6.07) is 5.00. The predicted molar refractivity (Wildman–Crippen MR) is 74.6 cm³/mol. The van der Waals surface area contributed by atoms with Crippen molar-refractivity contribution in [3.63, 3.8) is 0 Å². The van der Waals surface area contributed by atoms with Crippen LogP contribution >= 0.6 is 0 Å². The van der Waals surface area contributed by atoms with Crippen LogP contribution in [0.5, 0.6) is 0 Å². The second-order valence-electron chi connectivity index (χ2n) is 5.22. The first-order chi connectivity index (χ1) is 8.72. The third-order valence-corrected chi connectivity index (χ3v) is 3.85. The predicted octanol–water partition coefficient (Wildman–Crippen LogP) is 0.978. The van der Waals surface area contributed by atoms with Crippen molar-refractivity contribution >= 4 is 0 Å². The van der Waals surface area contributed by atoms with Crippen LogP contribution in [0.2, 0.25) is 0 Å². The third-order valence-electron chi connectivity index (χ3n) is 3.85. The number of nitrogens with one attached hydrogen (secondary N) is 1. The highest BCUT2D eigenvalue weighted by atomic mass is 15.2. The molecule has 0 spiro atoms. The minimum Gasteiger partial charge on any atom is -0.312 e. The number of pyridine rings is 1. The first-order valence-corrected chi connectivity index (χ1v) is 6.68. The molecule has 4 nitrogen and oxygen atoms in total. The molecular weight excluding hydrogens is 224 g/mol. The van der Waals surface area contributed by atoms with Gasteiger partial charge in [-0.05, 0) is 52.3 Å². The number of nitrogens with zero attached hydrogens (tertiary/aromatic N) is 3. The fourth-order valence-electron chi connectivity index (χ4n) is 2.81. The van der Waals surface area contributed by atoms with Crippen LogP contribution < -0.4 is 5.32 Å². The van der Waals surface area contributed by atoms with Gasteiger partial charge in [0.25, 0.3) is 0 Å². The lowest BCUT2D eigenvalue weighted by molar-refractivity contribution is 0.182. The molecule has 1 N–H and O–H groups in total. The molecule has 2 heterocycles. The van der Waals surface area contributed by atoms with Crippen LogP contribution in [-0.2, 0) is 0 Å². The second kappa shape index (κ2) is 6.27. The normalized spacial score (nSPS) is 24.7. The molecule has 0 aliphatic carbocycles. The lowest BCUT2D eigenvalue weighted by atomic mass is 9.99. The summed E-state index contributed by atoms with van der Waals surface area (Å²) in [5, 5.41) is 3.46. The van der Waals surface area contributed by atoms with Gasteiger partial charge < -0.3 is 15.1 Å². The van der Waals surface area contributed by atoms with E-state index in [0.717, 1.165) is 13.1 Å². The third kappa shape index (κ3) is 3.07. The van der Waals surface area contributed by atoms with Gasteiger partial charge in [0.15, 0.2) is 0 Å². The summed E-state index contributed by atoms with van der Waals surface area (Å²) in [6.45, 7) is 3.44. The Bertz CT molecular complexity index is 354. The summed E-state index contributed by atoms with van der Waals surface area (Å²) in [4.78, 5) is 9.14. The summed E-state index contributed by atoms with van der Waals surface area (Å²) in [5.41, 5.74) is 1.27. The maximum absolute atomic E-state index is 4.24. The molecule has 2 rings (SSSR count). The van der Waals surface area contributed by atoms with Gasteiger partial charge >= 0.3 is 0 Å². The van der Waals surface area contributed by atoms with E-state index < -0.39 is 0 Å². The topological polar surface area (TPSA) is 31.4 Å². The minimum absolute atomic E-state index is 0.337. The monoisotopic (exact) mass is 248 g/mol. The van der Waals surface area contributed by atoms with Gasteiger partial charge in [0, 0.05) is 25.0 Å². The second-order valence-corrected chi connectivity index (χ2v) is 5.22. The first-order valence-electron chi connectivity index (χ1n) is 6.68. The largest absolute Gasteiger partial charge is 0.312 e. The van der Waals surface area contributed by atoms with E-state index in [1.807, 2.05) is 25.5 Å². The zero-order valence-electron chi connectivity index (χ0n) is 11.6. The number of likely N-dealkylation sites (N-methyl/N-ethyl adjacent to an activating group) is 3. The lowest BCUT2D eigenvalue weighted by Gasteiger charge is -2.34. The van der Waals surface area contributed by atoms with Crippen molar-refractivity contribution in [2.24, 2.45) is 0 Å². The molecule has 0 aromatic carbocycles. The average Bonchev–Trinajstić information content (AvgIpc) is 2.54. The van der Waals surface area contributed by atoms with E-state index in [2.05, 4.69) is 40.3 Å². The van der Waals surface area contributed by atoms with Gasteiger partial charge in [0.05, 0.1) is 6.04 Å². The smallest absolute Gasteiger partial charge is 0.0503 e. The minimum atomic E-state index is 0.337. The number of hydrogen-bond acceptors (Lipinski definition) is 4. The van der Waals surface area contributed by atoms with Gasteiger partial charge in [-0.25, -0.2) is 0 Å². The van der Waals surface area contributed by atoms with Crippen molar-refractivity contribution in [3.8, 4) is 0 Å². The number of rotatable bonds is 3. The molecule has 1 aliphatic rings. The summed E-state index contributed by atoms with van der Waals surface area (Å²) >= 11 is 0. The Kier molecular flexibility index (Phi) is 4.69. The highest BCUT2D eigenvalue weighted by Crippen LogP contribution is 2.22. The molecule has 0 bridgehead atoms. The van der Waals surface area contributed by atoms with Gasteiger partial charge in [-0.2, -0.15) is 0 Å². The fourth-order valence-corrected chi connectivity index (χ4v) is 2.81. The summed E-state index contributed by atoms with van der Waals surface area (Å²) < 4.78 is 0. The standard InChI is InChI=1S/C14H24N4/c1-15-14(12-6-4-7-16-10-12)13-11-17(2)8-5-9-18(13)3/h4,6-7,10,13-15H,5,8-9,11H2,1-3H3. The number of hydrogen-bond donors (Lipinski definition) is 1. The van der Waals surface area contributed by atoms with Crippen LogP contribution in [0, 0.1) is 0 Å². The highest BCUT2D eigenvalue weighted by Gasteiger charge is 2.28. The highest BCUT2D eigenvalue weighted by molar-refractivity contribution is 5.16. The van der Waals surface area contributed by atoms with Crippen molar-refractivity contribution in [1.82, 2.24) is 20.1 Å². The molecule has 2 atom stereocenters. The molecule has 100 valence electrons. The van der Waals surface area contributed by atoms with Crippen LogP contribution in [0.25, 0.3) is 0 Å². The zero-order chi connectivity index (χ0) is 13.0. The van der Waals surface area contributed by atoms with Gasteiger partial charge in [0.1, 0.15) is 0 Å². The van der Waals surface area contributed by atoms with Crippen molar-refractivity contribution < 1.29 is 0 Å². The van der Waals surface area contributed by atoms with E-state index in [0.29, 0.717) is 12.1 Å². The Balaban J connectivity index is 2.19. The van der Waals surface area contributed by atoms with Crippen LogP contribution in [-0.4, -0.2) is 61.6 Å². The first kappa shape index (κ1) is 13.5. The fraction of sp³-hybridized carbons (Fsp3) is 0.643. The SMILES string of the molecule is CNC(c1cccnc1)C1CN(C)CCCN1C. The molecule has 0 amide bonds. The Morgan fingerprint density at radius 2 is 2.22 bits per heavy atom. The van der Waals surface area contributed by atoms with E-state index in [-0.39, 0.29) is 0 Å². The molecule has 0 radical (unpaired) electrons. The van der Waals surface area contributed by atoms with Crippen molar-refractivity contribution in [2.75, 3.05) is 40.8 Å². The maximum Gasteiger partial charge on any atom is 0.0503 e. The molecule has 4 heteroatoms. The van der Waals surface area contributed by atoms with Crippen LogP contribution in [0.15, 0.2) is 24.5 Å². The van der Waals surface area contributed by atoms with E-state index in [1.54, 1.807) is 0 Å². The van der Waals surface area contributed by atoms with Crippen LogP contribution in [0.1, 0.15) is 18.0 Å². The van der Waals surface area contributed by atoms with E-state index in [1.165, 1.54) is 18.5 Å². The molecule has 18 heavy (non-hydrogen) atoms. The van der Waals surface area contributed by atoms with E-state index in [9.17, 15) is 0 Å². The number of aromatic nitrogens is 1. The molecule has 1 saturated heterocycles. The van der Waals surface area contributed by atoms with Crippen LogP contribution in [0.4, 0.5) is 0 Å². The van der Waals surface area contributed by atoms with Crippen molar-refractivity contribution in [2.45, 2.75) is 18.5 Å². The molecule has 2 unspecified atom stereocenters. The molecular formula is C14H24N4. The average molecular weight is 248 g/mol. The maximum atomic E-state index is 4.24. The zero-order valence-corrected chi connectivity index (χ0v) is 11.6. The quantitative estimate of drug-likeness (QED) is 0.864. The van der Waals surface area contributed by atoms with Crippen molar-refractivity contribution in [3.05, 3.63) is 30.1 Å². The van der Waals surface area contributed by atoms with Gasteiger partial charge in [0.2, 0.25) is 0 Å². The molecule has 1 fully saturated rings. The Labute approximate surface area is 110 Å². The van der Waals surface area contributed by atoms with Gasteiger partial charge in [-0.1, -0.05) is 6.07 Å². The van der Waals surface area contributed by atoms with Crippen molar-refractivity contribution in [1.29, 1.82) is 0 Å². The summed E-state index contributed by atoms with van der Waals surface area (Å²) in [5.74, 6) is 0. The van der Waals surface area contributed by atoms with Crippen LogP contribution in [0.3, 0.4) is 0 Å². The van der Waals surface area contributed by atoms with Gasteiger partial charge in [-0.3, -0.25) is 4.98 Å².